The van der Waals surface area contributed by atoms with Gasteiger partial charge in [-0.3, -0.25) is 0 Å². The molecule has 0 fully saturated rings. The van der Waals surface area contributed by atoms with Crippen LogP contribution in [0.25, 0.3) is 11.1 Å². The topological polar surface area (TPSA) is 12.0 Å². The summed E-state index contributed by atoms with van der Waals surface area (Å²) in [6, 6.07) is 13.0. The summed E-state index contributed by atoms with van der Waals surface area (Å²) >= 11 is 5.79. The molecule has 1 N–H and O–H groups in total. The average Bonchev–Trinajstić information content (AvgIpc) is 2.45. The zero-order valence-electron chi connectivity index (χ0n) is 11.8. The lowest BCUT2D eigenvalue weighted by molar-refractivity contribution is 0.571. The van der Waals surface area contributed by atoms with Crippen molar-refractivity contribution >= 4 is 11.6 Å². The van der Waals surface area contributed by atoms with Gasteiger partial charge < -0.3 is 5.32 Å². The van der Waals surface area contributed by atoms with Gasteiger partial charge in [-0.2, -0.15) is 0 Å². The molecule has 0 aliphatic carbocycles. The minimum absolute atomic E-state index is 0.255. The highest BCUT2D eigenvalue weighted by atomic mass is 35.5. The quantitative estimate of drug-likeness (QED) is 0.797. The first-order chi connectivity index (χ1) is 9.61. The minimum Gasteiger partial charge on any atom is -0.310 e. The van der Waals surface area contributed by atoms with Gasteiger partial charge in [0.05, 0.1) is 0 Å². The van der Waals surface area contributed by atoms with E-state index >= 15 is 0 Å². The van der Waals surface area contributed by atoms with Crippen molar-refractivity contribution < 1.29 is 4.39 Å². The van der Waals surface area contributed by atoms with E-state index in [0.717, 1.165) is 24.1 Å². The maximum absolute atomic E-state index is 14.0. The van der Waals surface area contributed by atoms with Crippen LogP contribution in [0.5, 0.6) is 0 Å². The molecule has 0 amide bonds. The number of benzene rings is 2. The van der Waals surface area contributed by atoms with Crippen molar-refractivity contribution in [3.05, 3.63) is 58.9 Å². The van der Waals surface area contributed by atoms with E-state index in [2.05, 4.69) is 25.2 Å². The summed E-state index contributed by atoms with van der Waals surface area (Å²) < 4.78 is 14.0. The lowest BCUT2D eigenvalue weighted by atomic mass is 9.99. The van der Waals surface area contributed by atoms with Gasteiger partial charge in [-0.05, 0) is 55.3 Å². The number of rotatable bonds is 5. The molecule has 2 aromatic carbocycles. The van der Waals surface area contributed by atoms with Gasteiger partial charge in [0.2, 0.25) is 0 Å². The van der Waals surface area contributed by atoms with Crippen molar-refractivity contribution in [1.82, 2.24) is 5.32 Å². The molecule has 1 nitrogen and oxygen atoms in total. The molecule has 0 saturated carbocycles. The molecular weight excluding hydrogens is 273 g/mol. The lowest BCUT2D eigenvalue weighted by Gasteiger charge is -2.15. The Hall–Kier alpha value is -1.38. The Morgan fingerprint density at radius 2 is 2.00 bits per heavy atom. The highest BCUT2D eigenvalue weighted by Gasteiger charge is 2.09. The van der Waals surface area contributed by atoms with Gasteiger partial charge in [0, 0.05) is 16.6 Å². The van der Waals surface area contributed by atoms with Gasteiger partial charge in [0.15, 0.2) is 0 Å². The van der Waals surface area contributed by atoms with Crippen LogP contribution < -0.4 is 5.32 Å². The van der Waals surface area contributed by atoms with E-state index in [0.29, 0.717) is 10.6 Å². The molecule has 106 valence electrons. The molecule has 1 atom stereocenters. The SMILES string of the molecule is CCCNC(C)c1cccc(-c2ccc(Cl)cc2F)c1. The summed E-state index contributed by atoms with van der Waals surface area (Å²) in [6.07, 6.45) is 1.09. The largest absolute Gasteiger partial charge is 0.310 e. The third kappa shape index (κ3) is 3.59. The van der Waals surface area contributed by atoms with Gasteiger partial charge in [-0.15, -0.1) is 0 Å². The van der Waals surface area contributed by atoms with Gasteiger partial charge in [-0.1, -0.05) is 36.7 Å². The third-order valence-electron chi connectivity index (χ3n) is 3.33. The Labute approximate surface area is 124 Å². The molecule has 0 radical (unpaired) electrons. The molecule has 1 unspecified atom stereocenters. The van der Waals surface area contributed by atoms with Crippen LogP contribution in [0.15, 0.2) is 42.5 Å². The Kier molecular flexibility index (Phi) is 5.16. The first-order valence-corrected chi connectivity index (χ1v) is 7.28. The van der Waals surface area contributed by atoms with Crippen molar-refractivity contribution in [2.24, 2.45) is 0 Å². The van der Waals surface area contributed by atoms with Crippen LogP contribution in [0.1, 0.15) is 31.9 Å². The van der Waals surface area contributed by atoms with E-state index in [4.69, 9.17) is 11.6 Å². The second-order valence-corrected chi connectivity index (χ2v) is 5.36. The summed E-state index contributed by atoms with van der Waals surface area (Å²) in [5.41, 5.74) is 2.62. The second-order valence-electron chi connectivity index (χ2n) is 4.93. The fraction of sp³-hybridized carbons (Fsp3) is 0.294. The number of hydrogen-bond donors (Lipinski definition) is 1. The van der Waals surface area contributed by atoms with E-state index in [1.807, 2.05) is 18.2 Å². The molecular formula is C17H19ClFN. The summed E-state index contributed by atoms with van der Waals surface area (Å²) in [4.78, 5) is 0. The summed E-state index contributed by atoms with van der Waals surface area (Å²) in [5, 5.41) is 3.85. The zero-order chi connectivity index (χ0) is 14.5. The standard InChI is InChI=1S/C17H19ClFN/c1-3-9-20-12(2)13-5-4-6-14(10-13)16-8-7-15(18)11-17(16)19/h4-8,10-12,20H,3,9H2,1-2H3. The summed E-state index contributed by atoms with van der Waals surface area (Å²) in [5.74, 6) is -0.288. The Morgan fingerprint density at radius 1 is 1.20 bits per heavy atom. The Bertz CT molecular complexity index is 583. The smallest absolute Gasteiger partial charge is 0.132 e. The Morgan fingerprint density at radius 3 is 2.70 bits per heavy atom. The van der Waals surface area contributed by atoms with Crippen molar-refractivity contribution in [1.29, 1.82) is 0 Å². The van der Waals surface area contributed by atoms with Gasteiger partial charge in [-0.25, -0.2) is 4.39 Å². The van der Waals surface area contributed by atoms with Crippen molar-refractivity contribution in [3.8, 4) is 11.1 Å². The number of hydrogen-bond acceptors (Lipinski definition) is 1. The van der Waals surface area contributed by atoms with Gasteiger partial charge in [0.25, 0.3) is 0 Å². The highest BCUT2D eigenvalue weighted by Crippen LogP contribution is 2.27. The van der Waals surface area contributed by atoms with Crippen LogP contribution in [0.3, 0.4) is 0 Å². The first kappa shape index (κ1) is 15.0. The van der Waals surface area contributed by atoms with E-state index < -0.39 is 0 Å². The minimum atomic E-state index is -0.288. The zero-order valence-corrected chi connectivity index (χ0v) is 12.5. The van der Waals surface area contributed by atoms with Crippen LogP contribution in [0.2, 0.25) is 5.02 Å². The van der Waals surface area contributed by atoms with E-state index in [9.17, 15) is 4.39 Å². The molecule has 3 heteroatoms. The van der Waals surface area contributed by atoms with E-state index in [1.165, 1.54) is 6.07 Å². The van der Waals surface area contributed by atoms with Crippen LogP contribution in [0.4, 0.5) is 4.39 Å². The molecule has 2 aromatic rings. The van der Waals surface area contributed by atoms with Gasteiger partial charge >= 0.3 is 0 Å². The van der Waals surface area contributed by atoms with Gasteiger partial charge in [0.1, 0.15) is 5.82 Å². The van der Waals surface area contributed by atoms with Crippen molar-refractivity contribution in [2.45, 2.75) is 26.3 Å². The molecule has 0 spiro atoms. The predicted octanol–water partition coefficient (Wildman–Crippen LogP) is 5.21. The molecule has 2 rings (SSSR count). The first-order valence-electron chi connectivity index (χ1n) is 6.90. The Balaban J connectivity index is 2.29. The van der Waals surface area contributed by atoms with Crippen molar-refractivity contribution in [3.63, 3.8) is 0 Å². The molecule has 0 aliphatic heterocycles. The van der Waals surface area contributed by atoms with Crippen LogP contribution in [0, 0.1) is 5.82 Å². The summed E-state index contributed by atoms with van der Waals surface area (Å²) in [7, 11) is 0. The third-order valence-corrected chi connectivity index (χ3v) is 3.56. The number of nitrogens with one attached hydrogen (secondary N) is 1. The lowest BCUT2D eigenvalue weighted by Crippen LogP contribution is -2.19. The predicted molar refractivity (Wildman–Crippen MR) is 83.6 cm³/mol. The normalized spacial score (nSPS) is 12.4. The fourth-order valence-corrected chi connectivity index (χ4v) is 2.34. The maximum Gasteiger partial charge on any atom is 0.132 e. The molecule has 0 heterocycles. The van der Waals surface area contributed by atoms with E-state index in [-0.39, 0.29) is 11.9 Å². The fourth-order valence-electron chi connectivity index (χ4n) is 2.18. The number of halogens is 2. The molecule has 0 bridgehead atoms. The van der Waals surface area contributed by atoms with Crippen LogP contribution in [-0.4, -0.2) is 6.54 Å². The van der Waals surface area contributed by atoms with Crippen LogP contribution in [-0.2, 0) is 0 Å². The second kappa shape index (κ2) is 6.87. The molecule has 0 saturated heterocycles. The highest BCUT2D eigenvalue weighted by molar-refractivity contribution is 6.30. The van der Waals surface area contributed by atoms with E-state index in [1.54, 1.807) is 12.1 Å². The monoisotopic (exact) mass is 291 g/mol. The van der Waals surface area contributed by atoms with Crippen LogP contribution >= 0.6 is 11.6 Å². The molecule has 0 aliphatic rings. The van der Waals surface area contributed by atoms with Crippen molar-refractivity contribution in [2.75, 3.05) is 6.54 Å². The summed E-state index contributed by atoms with van der Waals surface area (Å²) in [6.45, 7) is 5.23. The molecule has 20 heavy (non-hydrogen) atoms. The maximum atomic E-state index is 14.0. The average molecular weight is 292 g/mol. The molecule has 0 aromatic heterocycles.